The predicted octanol–water partition coefficient (Wildman–Crippen LogP) is 5.64. The average Bonchev–Trinajstić information content (AvgIpc) is 3.33. The van der Waals surface area contributed by atoms with Crippen LogP contribution in [0.15, 0.2) is 53.5 Å². The third-order valence-electron chi connectivity index (χ3n) is 4.83. The molecular formula is C24H27NO4. The van der Waals surface area contributed by atoms with E-state index in [1.807, 2.05) is 57.2 Å². The Morgan fingerprint density at radius 2 is 2.07 bits per heavy atom. The summed E-state index contributed by atoms with van der Waals surface area (Å²) in [4.78, 5) is 13.4. The lowest BCUT2D eigenvalue weighted by Crippen LogP contribution is -2.24. The number of carbonyl (C=O) groups excluding carboxylic acids is 1. The van der Waals surface area contributed by atoms with Crippen molar-refractivity contribution >= 4 is 16.9 Å². The largest absolute Gasteiger partial charge is 0.493 e. The van der Waals surface area contributed by atoms with Gasteiger partial charge in [0.25, 0.3) is 0 Å². The Morgan fingerprint density at radius 3 is 2.83 bits per heavy atom. The molecular weight excluding hydrogens is 366 g/mol. The van der Waals surface area contributed by atoms with Gasteiger partial charge in [0.15, 0.2) is 11.3 Å². The van der Waals surface area contributed by atoms with Crippen molar-refractivity contribution < 1.29 is 18.7 Å². The van der Waals surface area contributed by atoms with Gasteiger partial charge in [0, 0.05) is 37.0 Å². The molecule has 0 bridgehead atoms. The minimum Gasteiger partial charge on any atom is -0.493 e. The van der Waals surface area contributed by atoms with E-state index in [1.54, 1.807) is 11.9 Å². The first-order valence-electron chi connectivity index (χ1n) is 9.89. The Labute approximate surface area is 171 Å². The van der Waals surface area contributed by atoms with Crippen molar-refractivity contribution in [1.82, 2.24) is 4.90 Å². The molecule has 4 rings (SSSR count). The van der Waals surface area contributed by atoms with Crippen LogP contribution in [0.5, 0.6) is 17.2 Å². The summed E-state index contributed by atoms with van der Waals surface area (Å²) in [6.45, 7) is 10.6. The van der Waals surface area contributed by atoms with Crippen LogP contribution in [0.2, 0.25) is 0 Å². The van der Waals surface area contributed by atoms with Crippen LogP contribution in [-0.2, 0) is 17.8 Å². The molecule has 0 spiro atoms. The van der Waals surface area contributed by atoms with Crippen LogP contribution >= 0.6 is 0 Å². The standard InChI is InChI=1S/C22H21NO4.C2H6/c1-4-21(24)23(3)13-18-14(2)26-22-17(18)6-5-7-19(22)27-16-9-8-15-10-11-25-20(15)12-16;1-2/h4-9,12H,1,10-11,13H2,2-3H3;1-2H3. The van der Waals surface area contributed by atoms with Crippen LogP contribution in [0.4, 0.5) is 0 Å². The second kappa shape index (κ2) is 8.86. The van der Waals surface area contributed by atoms with E-state index in [9.17, 15) is 4.79 Å². The van der Waals surface area contributed by atoms with Crippen LogP contribution < -0.4 is 9.47 Å². The van der Waals surface area contributed by atoms with Crippen molar-refractivity contribution in [1.29, 1.82) is 0 Å². The van der Waals surface area contributed by atoms with Crippen LogP contribution in [0.3, 0.4) is 0 Å². The van der Waals surface area contributed by atoms with Gasteiger partial charge >= 0.3 is 0 Å². The highest BCUT2D eigenvalue weighted by atomic mass is 16.5. The van der Waals surface area contributed by atoms with E-state index in [2.05, 4.69) is 6.58 Å². The number of nitrogens with zero attached hydrogens (tertiary/aromatic N) is 1. The summed E-state index contributed by atoms with van der Waals surface area (Å²) in [6.07, 6.45) is 2.24. The smallest absolute Gasteiger partial charge is 0.245 e. The first-order valence-corrected chi connectivity index (χ1v) is 9.89. The molecule has 0 aliphatic carbocycles. The minimum absolute atomic E-state index is 0.130. The van der Waals surface area contributed by atoms with Gasteiger partial charge in [-0.3, -0.25) is 4.79 Å². The molecule has 0 unspecified atom stereocenters. The molecule has 1 aromatic heterocycles. The van der Waals surface area contributed by atoms with Crippen LogP contribution in [0.25, 0.3) is 11.0 Å². The number of hydrogen-bond acceptors (Lipinski definition) is 4. The van der Waals surface area contributed by atoms with E-state index < -0.39 is 0 Å². The van der Waals surface area contributed by atoms with E-state index in [0.717, 1.165) is 28.9 Å². The summed E-state index contributed by atoms with van der Waals surface area (Å²) >= 11 is 0. The highest BCUT2D eigenvalue weighted by Gasteiger charge is 2.18. The third-order valence-corrected chi connectivity index (χ3v) is 4.83. The number of likely N-dealkylation sites (N-methyl/N-ethyl adjacent to an activating group) is 1. The van der Waals surface area contributed by atoms with E-state index in [4.69, 9.17) is 13.9 Å². The SMILES string of the molecule is C=CC(=O)N(C)Cc1c(C)oc2c(Oc3ccc4c(c3)OCC4)cccc12.CC. The van der Waals surface area contributed by atoms with Crippen molar-refractivity contribution in [2.45, 2.75) is 33.7 Å². The number of furan rings is 1. The summed E-state index contributed by atoms with van der Waals surface area (Å²) < 4.78 is 17.7. The zero-order chi connectivity index (χ0) is 21.0. The maximum Gasteiger partial charge on any atom is 0.245 e. The highest BCUT2D eigenvalue weighted by Crippen LogP contribution is 2.37. The van der Waals surface area contributed by atoms with Gasteiger partial charge in [-0.05, 0) is 30.7 Å². The molecule has 0 radical (unpaired) electrons. The molecule has 29 heavy (non-hydrogen) atoms. The molecule has 5 nitrogen and oxygen atoms in total. The van der Waals surface area contributed by atoms with Gasteiger partial charge in [-0.25, -0.2) is 0 Å². The van der Waals surface area contributed by atoms with E-state index in [0.29, 0.717) is 30.2 Å². The summed E-state index contributed by atoms with van der Waals surface area (Å²) in [5.41, 5.74) is 2.84. The second-order valence-electron chi connectivity index (χ2n) is 6.64. The number of hydrogen-bond donors (Lipinski definition) is 0. The monoisotopic (exact) mass is 393 g/mol. The first-order chi connectivity index (χ1) is 14.1. The van der Waals surface area contributed by atoms with Gasteiger partial charge in [0.2, 0.25) is 5.91 Å². The molecule has 0 saturated carbocycles. The fourth-order valence-electron chi connectivity index (χ4n) is 3.35. The molecule has 0 atom stereocenters. The average molecular weight is 393 g/mol. The van der Waals surface area contributed by atoms with Gasteiger partial charge < -0.3 is 18.8 Å². The lowest BCUT2D eigenvalue weighted by atomic mass is 10.1. The molecule has 1 aliphatic heterocycles. The molecule has 1 amide bonds. The summed E-state index contributed by atoms with van der Waals surface area (Å²) in [5, 5.41) is 0.936. The molecule has 5 heteroatoms. The number of amides is 1. The normalized spacial score (nSPS) is 11.9. The fourth-order valence-corrected chi connectivity index (χ4v) is 3.35. The van der Waals surface area contributed by atoms with Crippen molar-refractivity contribution in [3.05, 3.63) is 65.9 Å². The maximum absolute atomic E-state index is 11.8. The van der Waals surface area contributed by atoms with Crippen molar-refractivity contribution in [2.24, 2.45) is 0 Å². The zero-order valence-corrected chi connectivity index (χ0v) is 17.5. The summed E-state index contributed by atoms with van der Waals surface area (Å²) in [5.74, 6) is 2.85. The van der Waals surface area contributed by atoms with Crippen molar-refractivity contribution in [2.75, 3.05) is 13.7 Å². The summed E-state index contributed by atoms with van der Waals surface area (Å²) in [7, 11) is 1.74. The molecule has 0 N–H and O–H groups in total. The molecule has 0 saturated heterocycles. The Balaban J connectivity index is 0.00000117. The Bertz CT molecular complexity index is 1030. The van der Waals surface area contributed by atoms with Crippen LogP contribution in [0.1, 0.15) is 30.7 Å². The number of rotatable bonds is 5. The van der Waals surface area contributed by atoms with E-state index >= 15 is 0 Å². The van der Waals surface area contributed by atoms with Gasteiger partial charge in [-0.1, -0.05) is 38.6 Å². The van der Waals surface area contributed by atoms with E-state index in [-0.39, 0.29) is 5.91 Å². The quantitative estimate of drug-likeness (QED) is 0.527. The lowest BCUT2D eigenvalue weighted by Gasteiger charge is -2.14. The van der Waals surface area contributed by atoms with Crippen LogP contribution in [0, 0.1) is 6.92 Å². The topological polar surface area (TPSA) is 51.9 Å². The zero-order valence-electron chi connectivity index (χ0n) is 17.5. The Hall–Kier alpha value is -3.21. The Morgan fingerprint density at radius 1 is 1.28 bits per heavy atom. The van der Waals surface area contributed by atoms with Gasteiger partial charge in [0.05, 0.1) is 6.61 Å². The van der Waals surface area contributed by atoms with Crippen molar-refractivity contribution in [3.63, 3.8) is 0 Å². The molecule has 2 aromatic carbocycles. The number of fused-ring (bicyclic) bond motifs is 2. The molecule has 1 aliphatic rings. The molecule has 3 aromatic rings. The number of aryl methyl sites for hydroxylation is 1. The predicted molar refractivity (Wildman–Crippen MR) is 115 cm³/mol. The molecule has 2 heterocycles. The third kappa shape index (κ3) is 4.14. The van der Waals surface area contributed by atoms with Gasteiger partial charge in [-0.15, -0.1) is 0 Å². The Kier molecular flexibility index (Phi) is 6.27. The lowest BCUT2D eigenvalue weighted by molar-refractivity contribution is -0.125. The highest BCUT2D eigenvalue weighted by molar-refractivity contribution is 5.89. The second-order valence-corrected chi connectivity index (χ2v) is 6.64. The molecule has 0 fully saturated rings. The van der Waals surface area contributed by atoms with Crippen molar-refractivity contribution in [3.8, 4) is 17.2 Å². The number of para-hydroxylation sites is 1. The first kappa shape index (κ1) is 20.5. The van der Waals surface area contributed by atoms with Gasteiger partial charge in [0.1, 0.15) is 17.3 Å². The molecule has 152 valence electrons. The minimum atomic E-state index is -0.130. The number of ether oxygens (including phenoxy) is 2. The van der Waals surface area contributed by atoms with E-state index in [1.165, 1.54) is 11.6 Å². The number of carbonyl (C=O) groups is 1. The number of benzene rings is 2. The maximum atomic E-state index is 11.8. The fraction of sp³-hybridized carbons (Fsp3) is 0.292. The van der Waals surface area contributed by atoms with Crippen LogP contribution in [-0.4, -0.2) is 24.5 Å². The summed E-state index contributed by atoms with van der Waals surface area (Å²) in [6, 6.07) is 11.7. The van der Waals surface area contributed by atoms with Gasteiger partial charge in [-0.2, -0.15) is 0 Å².